The summed E-state index contributed by atoms with van der Waals surface area (Å²) in [4.78, 5) is 11.4. The number of methoxy groups -OCH3 is 1. The highest BCUT2D eigenvalue weighted by atomic mass is 16.5. The van der Waals surface area contributed by atoms with Crippen molar-refractivity contribution in [3.63, 3.8) is 0 Å². The van der Waals surface area contributed by atoms with Crippen molar-refractivity contribution in [3.05, 3.63) is 0 Å². The van der Waals surface area contributed by atoms with Crippen molar-refractivity contribution >= 4 is 5.97 Å². The van der Waals surface area contributed by atoms with Gasteiger partial charge in [-0.3, -0.25) is 4.79 Å². The van der Waals surface area contributed by atoms with Gasteiger partial charge in [-0.05, 0) is 47.5 Å². The average molecular weight is 242 g/mol. The number of carbonyl (C=O) groups excluding carboxylic acids is 1. The molecule has 0 aromatic heterocycles. The second kappa shape index (κ2) is 4.94. The molecule has 1 atom stereocenters. The Morgan fingerprint density at radius 3 is 2.18 bits per heavy atom. The van der Waals surface area contributed by atoms with E-state index in [0.29, 0.717) is 6.04 Å². The predicted molar refractivity (Wildman–Crippen MR) is 68.9 cm³/mol. The molecule has 1 aliphatic heterocycles. The van der Waals surface area contributed by atoms with Gasteiger partial charge in [-0.15, -0.1) is 0 Å². The molecule has 4 heteroatoms. The first kappa shape index (κ1) is 14.5. The zero-order valence-corrected chi connectivity index (χ0v) is 11.9. The number of rotatable bonds is 3. The van der Waals surface area contributed by atoms with Crippen molar-refractivity contribution in [2.75, 3.05) is 7.11 Å². The lowest BCUT2D eigenvalue weighted by atomic mass is 9.79. The predicted octanol–water partition coefficient (Wildman–Crippen LogP) is 1.45. The maximum Gasteiger partial charge on any atom is 0.322 e. The van der Waals surface area contributed by atoms with Crippen molar-refractivity contribution in [1.29, 1.82) is 0 Å². The van der Waals surface area contributed by atoms with Gasteiger partial charge in [0.1, 0.15) is 6.04 Å². The van der Waals surface area contributed by atoms with Gasteiger partial charge in [-0.2, -0.15) is 0 Å². The minimum Gasteiger partial charge on any atom is -0.468 e. The smallest absolute Gasteiger partial charge is 0.322 e. The first-order valence-corrected chi connectivity index (χ1v) is 6.28. The maximum absolute atomic E-state index is 11.4. The fourth-order valence-corrected chi connectivity index (χ4v) is 3.04. The van der Waals surface area contributed by atoms with E-state index in [1.54, 1.807) is 0 Å². The molecule has 0 amide bonds. The van der Waals surface area contributed by atoms with Crippen LogP contribution in [0.15, 0.2) is 0 Å². The lowest BCUT2D eigenvalue weighted by Gasteiger charge is -2.47. The molecule has 100 valence electrons. The SMILES string of the molecule is COC(=O)C(C)NC1CC(C)(C)NC(C)(C)C1. The van der Waals surface area contributed by atoms with Crippen LogP contribution in [0, 0.1) is 0 Å². The summed E-state index contributed by atoms with van der Waals surface area (Å²) in [5.41, 5.74) is 0.185. The number of hydrogen-bond acceptors (Lipinski definition) is 4. The third-order valence-electron chi connectivity index (χ3n) is 3.23. The third-order valence-corrected chi connectivity index (χ3v) is 3.23. The number of piperidine rings is 1. The molecule has 0 aliphatic carbocycles. The van der Waals surface area contributed by atoms with Crippen molar-refractivity contribution < 1.29 is 9.53 Å². The average Bonchev–Trinajstić information content (AvgIpc) is 2.11. The van der Waals surface area contributed by atoms with Gasteiger partial charge >= 0.3 is 5.97 Å². The van der Waals surface area contributed by atoms with Gasteiger partial charge in [0.2, 0.25) is 0 Å². The second-order valence-electron chi connectivity index (χ2n) is 6.41. The van der Waals surface area contributed by atoms with E-state index in [0.717, 1.165) is 12.8 Å². The van der Waals surface area contributed by atoms with E-state index in [1.807, 2.05) is 6.92 Å². The van der Waals surface area contributed by atoms with Gasteiger partial charge in [0.15, 0.2) is 0 Å². The molecule has 1 aliphatic rings. The van der Waals surface area contributed by atoms with E-state index >= 15 is 0 Å². The number of hydrogen-bond donors (Lipinski definition) is 2. The summed E-state index contributed by atoms with van der Waals surface area (Å²) in [6.45, 7) is 10.7. The van der Waals surface area contributed by atoms with Gasteiger partial charge in [-0.1, -0.05) is 0 Å². The molecule has 1 unspecified atom stereocenters. The van der Waals surface area contributed by atoms with Crippen molar-refractivity contribution in [1.82, 2.24) is 10.6 Å². The summed E-state index contributed by atoms with van der Waals surface area (Å²) in [6.07, 6.45) is 2.02. The summed E-state index contributed by atoms with van der Waals surface area (Å²) in [5, 5.41) is 6.99. The Labute approximate surface area is 104 Å². The van der Waals surface area contributed by atoms with E-state index in [-0.39, 0.29) is 23.1 Å². The van der Waals surface area contributed by atoms with Gasteiger partial charge in [0, 0.05) is 17.1 Å². The number of carbonyl (C=O) groups is 1. The largest absolute Gasteiger partial charge is 0.468 e. The van der Waals surface area contributed by atoms with Crippen LogP contribution in [0.4, 0.5) is 0 Å². The third kappa shape index (κ3) is 4.28. The van der Waals surface area contributed by atoms with Crippen molar-refractivity contribution in [3.8, 4) is 0 Å². The zero-order valence-electron chi connectivity index (χ0n) is 11.9. The van der Waals surface area contributed by atoms with Crippen LogP contribution in [0.25, 0.3) is 0 Å². The van der Waals surface area contributed by atoms with Crippen molar-refractivity contribution in [2.45, 2.75) is 70.6 Å². The van der Waals surface area contributed by atoms with E-state index in [1.165, 1.54) is 7.11 Å². The zero-order chi connectivity index (χ0) is 13.3. The lowest BCUT2D eigenvalue weighted by Crippen LogP contribution is -2.62. The molecule has 0 aromatic rings. The van der Waals surface area contributed by atoms with Crippen LogP contribution in [-0.2, 0) is 9.53 Å². The van der Waals surface area contributed by atoms with Gasteiger partial charge < -0.3 is 15.4 Å². The second-order valence-corrected chi connectivity index (χ2v) is 6.41. The Morgan fingerprint density at radius 1 is 1.29 bits per heavy atom. The van der Waals surface area contributed by atoms with Crippen LogP contribution in [-0.4, -0.2) is 36.2 Å². The molecule has 0 saturated carbocycles. The minimum absolute atomic E-state index is 0.0925. The molecule has 4 nitrogen and oxygen atoms in total. The first-order valence-electron chi connectivity index (χ1n) is 6.28. The fourth-order valence-electron chi connectivity index (χ4n) is 3.04. The fraction of sp³-hybridized carbons (Fsp3) is 0.923. The van der Waals surface area contributed by atoms with E-state index in [4.69, 9.17) is 4.74 Å². The van der Waals surface area contributed by atoms with E-state index < -0.39 is 0 Å². The van der Waals surface area contributed by atoms with Gasteiger partial charge in [-0.25, -0.2) is 0 Å². The Kier molecular flexibility index (Phi) is 4.20. The molecule has 1 heterocycles. The Balaban J connectivity index is 2.62. The summed E-state index contributed by atoms with van der Waals surface area (Å²) < 4.78 is 4.74. The molecule has 17 heavy (non-hydrogen) atoms. The summed E-state index contributed by atoms with van der Waals surface area (Å²) >= 11 is 0. The standard InChI is InChI=1S/C13H26N2O2/c1-9(11(16)17-6)14-10-7-12(2,3)15-13(4,5)8-10/h9-10,14-15H,7-8H2,1-6H3. The van der Waals surface area contributed by atoms with Crippen LogP contribution in [0.1, 0.15) is 47.5 Å². The molecule has 1 rings (SSSR count). The Morgan fingerprint density at radius 2 is 1.76 bits per heavy atom. The summed E-state index contributed by atoms with van der Waals surface area (Å²) in [7, 11) is 1.43. The maximum atomic E-state index is 11.4. The quantitative estimate of drug-likeness (QED) is 0.735. The molecule has 0 aromatic carbocycles. The highest BCUT2D eigenvalue weighted by molar-refractivity contribution is 5.75. The van der Waals surface area contributed by atoms with Crippen LogP contribution in [0.5, 0.6) is 0 Å². The lowest BCUT2D eigenvalue weighted by molar-refractivity contribution is -0.143. The van der Waals surface area contributed by atoms with Crippen LogP contribution >= 0.6 is 0 Å². The highest BCUT2D eigenvalue weighted by Crippen LogP contribution is 2.28. The number of ether oxygens (including phenoxy) is 1. The van der Waals surface area contributed by atoms with Gasteiger partial charge in [0.25, 0.3) is 0 Å². The Hall–Kier alpha value is -0.610. The number of esters is 1. The monoisotopic (exact) mass is 242 g/mol. The first-order chi connectivity index (χ1) is 7.65. The topological polar surface area (TPSA) is 50.4 Å². The molecular weight excluding hydrogens is 216 g/mol. The molecule has 0 bridgehead atoms. The normalized spacial score (nSPS) is 25.3. The molecular formula is C13H26N2O2. The van der Waals surface area contributed by atoms with Crippen molar-refractivity contribution in [2.24, 2.45) is 0 Å². The summed E-state index contributed by atoms with van der Waals surface area (Å²) in [6, 6.07) is 0.102. The van der Waals surface area contributed by atoms with Crippen LogP contribution in [0.2, 0.25) is 0 Å². The molecule has 1 saturated heterocycles. The molecule has 0 spiro atoms. The molecule has 1 fully saturated rings. The van der Waals surface area contributed by atoms with Crippen LogP contribution < -0.4 is 10.6 Å². The molecule has 0 radical (unpaired) electrons. The Bertz CT molecular complexity index is 271. The highest BCUT2D eigenvalue weighted by Gasteiger charge is 2.38. The number of nitrogens with one attached hydrogen (secondary N) is 2. The van der Waals surface area contributed by atoms with E-state index in [9.17, 15) is 4.79 Å². The minimum atomic E-state index is -0.241. The summed E-state index contributed by atoms with van der Waals surface area (Å²) in [5.74, 6) is -0.195. The molecule has 2 N–H and O–H groups in total. The van der Waals surface area contributed by atoms with E-state index in [2.05, 4.69) is 38.3 Å². The van der Waals surface area contributed by atoms with Gasteiger partial charge in [0.05, 0.1) is 7.11 Å². The van der Waals surface area contributed by atoms with Crippen LogP contribution in [0.3, 0.4) is 0 Å².